The molecule has 4 heteroatoms. The van der Waals surface area contributed by atoms with Gasteiger partial charge in [0.1, 0.15) is 5.52 Å². The maximum atomic E-state index is 11.1. The van der Waals surface area contributed by atoms with E-state index in [0.717, 1.165) is 21.8 Å². The molecular formula is C11H7N3O. The van der Waals surface area contributed by atoms with Crippen LogP contribution in [0.1, 0.15) is 0 Å². The summed E-state index contributed by atoms with van der Waals surface area (Å²) in [6.07, 6.45) is 1.74. The van der Waals surface area contributed by atoms with Crippen molar-refractivity contribution in [1.82, 2.24) is 15.2 Å². The van der Waals surface area contributed by atoms with E-state index in [4.69, 9.17) is 0 Å². The molecule has 1 N–H and O–H groups in total. The highest BCUT2D eigenvalue weighted by Crippen LogP contribution is 2.19. The van der Waals surface area contributed by atoms with E-state index in [1.165, 1.54) is 6.07 Å². The first-order valence-electron chi connectivity index (χ1n) is 4.58. The van der Waals surface area contributed by atoms with Crippen molar-refractivity contribution in [3.63, 3.8) is 0 Å². The van der Waals surface area contributed by atoms with Crippen LogP contribution >= 0.6 is 0 Å². The number of aromatic nitrogens is 3. The summed E-state index contributed by atoms with van der Waals surface area (Å²) in [6.45, 7) is 0. The minimum atomic E-state index is -0.189. The molecule has 0 unspecified atom stereocenters. The fourth-order valence-corrected chi connectivity index (χ4v) is 1.68. The second-order valence-electron chi connectivity index (χ2n) is 3.31. The van der Waals surface area contributed by atoms with Crippen molar-refractivity contribution >= 4 is 21.8 Å². The topological polar surface area (TPSA) is 58.6 Å². The van der Waals surface area contributed by atoms with E-state index in [-0.39, 0.29) is 5.56 Å². The first-order valence-corrected chi connectivity index (χ1v) is 4.58. The number of nitrogens with one attached hydrogen (secondary N) is 1. The van der Waals surface area contributed by atoms with Gasteiger partial charge in [0.25, 0.3) is 5.56 Å². The van der Waals surface area contributed by atoms with Crippen LogP contribution in [0, 0.1) is 0 Å². The Hall–Kier alpha value is -2.23. The molecule has 0 atom stereocenters. The molecule has 0 fully saturated rings. The van der Waals surface area contributed by atoms with Gasteiger partial charge < -0.3 is 0 Å². The van der Waals surface area contributed by atoms with Crippen LogP contribution in [0.5, 0.6) is 0 Å². The molecule has 0 saturated heterocycles. The van der Waals surface area contributed by atoms with Gasteiger partial charge in [-0.15, -0.1) is 0 Å². The summed E-state index contributed by atoms with van der Waals surface area (Å²) < 4.78 is 0. The number of fused-ring (bicyclic) bond motifs is 3. The highest BCUT2D eigenvalue weighted by Gasteiger charge is 2.01. The normalized spacial score (nSPS) is 10.9. The summed E-state index contributed by atoms with van der Waals surface area (Å²) in [4.78, 5) is 15.3. The molecule has 3 rings (SSSR count). The number of benzene rings is 1. The predicted octanol–water partition coefficient (Wildman–Crippen LogP) is 1.47. The van der Waals surface area contributed by atoms with E-state index < -0.39 is 0 Å². The molecule has 2 heterocycles. The summed E-state index contributed by atoms with van der Waals surface area (Å²) in [7, 11) is 0. The standard InChI is InChI=1S/C11H7N3O/c15-10-6-7-3-4-9-8(2-1-5-12-9)11(7)14-13-10/h1-6H,(H,13,15). The molecule has 0 aliphatic rings. The zero-order valence-electron chi connectivity index (χ0n) is 7.77. The van der Waals surface area contributed by atoms with Crippen LogP contribution < -0.4 is 5.56 Å². The van der Waals surface area contributed by atoms with Gasteiger partial charge >= 0.3 is 0 Å². The van der Waals surface area contributed by atoms with Gasteiger partial charge in [0.05, 0.1) is 5.52 Å². The van der Waals surface area contributed by atoms with Crippen LogP contribution in [0.3, 0.4) is 0 Å². The lowest BCUT2D eigenvalue weighted by atomic mass is 10.1. The molecule has 0 radical (unpaired) electrons. The van der Waals surface area contributed by atoms with E-state index in [2.05, 4.69) is 15.2 Å². The van der Waals surface area contributed by atoms with Gasteiger partial charge in [0.15, 0.2) is 0 Å². The lowest BCUT2D eigenvalue weighted by Gasteiger charge is -2.00. The highest BCUT2D eigenvalue weighted by atomic mass is 16.1. The van der Waals surface area contributed by atoms with Crippen molar-refractivity contribution in [2.24, 2.45) is 0 Å². The van der Waals surface area contributed by atoms with Crippen molar-refractivity contribution in [3.05, 3.63) is 46.9 Å². The van der Waals surface area contributed by atoms with Gasteiger partial charge in [-0.05, 0) is 18.2 Å². The predicted molar refractivity (Wildman–Crippen MR) is 57.7 cm³/mol. The van der Waals surface area contributed by atoms with Crippen LogP contribution in [-0.2, 0) is 0 Å². The summed E-state index contributed by atoms with van der Waals surface area (Å²) in [5, 5.41) is 8.25. The van der Waals surface area contributed by atoms with E-state index >= 15 is 0 Å². The summed E-state index contributed by atoms with van der Waals surface area (Å²) in [6, 6.07) is 9.07. The second kappa shape index (κ2) is 2.88. The molecule has 0 bridgehead atoms. The minimum Gasteiger partial charge on any atom is -0.268 e. The number of nitrogens with zero attached hydrogens (tertiary/aromatic N) is 2. The van der Waals surface area contributed by atoms with Gasteiger partial charge in [0.2, 0.25) is 0 Å². The van der Waals surface area contributed by atoms with E-state index in [0.29, 0.717) is 0 Å². The van der Waals surface area contributed by atoms with Crippen LogP contribution in [0.25, 0.3) is 21.8 Å². The Morgan fingerprint density at radius 2 is 2.13 bits per heavy atom. The third-order valence-corrected chi connectivity index (χ3v) is 2.35. The Bertz CT molecular complexity index is 703. The smallest absolute Gasteiger partial charge is 0.264 e. The molecule has 0 amide bonds. The van der Waals surface area contributed by atoms with Crippen molar-refractivity contribution in [3.8, 4) is 0 Å². The first kappa shape index (κ1) is 8.11. The zero-order chi connectivity index (χ0) is 10.3. The number of hydrogen-bond donors (Lipinski definition) is 1. The molecule has 0 spiro atoms. The fourth-order valence-electron chi connectivity index (χ4n) is 1.68. The molecule has 1 aromatic carbocycles. The quantitative estimate of drug-likeness (QED) is 0.555. The zero-order valence-corrected chi connectivity index (χ0v) is 7.77. The van der Waals surface area contributed by atoms with Gasteiger partial charge in [-0.3, -0.25) is 9.78 Å². The summed E-state index contributed by atoms with van der Waals surface area (Å²) >= 11 is 0. The SMILES string of the molecule is O=c1cc2ccc3ncccc3c2n[nH]1. The summed E-state index contributed by atoms with van der Waals surface area (Å²) in [5.41, 5.74) is 1.47. The van der Waals surface area contributed by atoms with Crippen molar-refractivity contribution < 1.29 is 0 Å². The van der Waals surface area contributed by atoms with Gasteiger partial charge in [-0.2, -0.15) is 5.10 Å². The Morgan fingerprint density at radius 3 is 3.07 bits per heavy atom. The Kier molecular flexibility index (Phi) is 1.56. The second-order valence-corrected chi connectivity index (χ2v) is 3.31. The molecule has 3 aromatic rings. The number of pyridine rings is 1. The Balaban J connectivity index is 2.60. The highest BCUT2D eigenvalue weighted by molar-refractivity contribution is 6.03. The molecule has 0 aliphatic heterocycles. The van der Waals surface area contributed by atoms with Crippen LogP contribution in [0.15, 0.2) is 41.3 Å². The molecule has 15 heavy (non-hydrogen) atoms. The van der Waals surface area contributed by atoms with Crippen LogP contribution in [0.4, 0.5) is 0 Å². The number of aromatic amines is 1. The average molecular weight is 197 g/mol. The first-order chi connectivity index (χ1) is 7.34. The molecule has 0 aliphatic carbocycles. The average Bonchev–Trinajstić information content (AvgIpc) is 2.28. The Morgan fingerprint density at radius 1 is 1.20 bits per heavy atom. The van der Waals surface area contributed by atoms with Gasteiger partial charge in [-0.25, -0.2) is 5.10 Å². The maximum absolute atomic E-state index is 11.1. The third-order valence-electron chi connectivity index (χ3n) is 2.35. The van der Waals surface area contributed by atoms with Crippen molar-refractivity contribution in [1.29, 1.82) is 0 Å². The molecular weight excluding hydrogens is 190 g/mol. The van der Waals surface area contributed by atoms with E-state index in [1.807, 2.05) is 24.3 Å². The summed E-state index contributed by atoms with van der Waals surface area (Å²) in [5.74, 6) is 0. The van der Waals surface area contributed by atoms with Crippen molar-refractivity contribution in [2.45, 2.75) is 0 Å². The van der Waals surface area contributed by atoms with Crippen LogP contribution in [0.2, 0.25) is 0 Å². The van der Waals surface area contributed by atoms with E-state index in [9.17, 15) is 4.79 Å². The van der Waals surface area contributed by atoms with Crippen molar-refractivity contribution in [2.75, 3.05) is 0 Å². The van der Waals surface area contributed by atoms with E-state index in [1.54, 1.807) is 6.20 Å². The molecule has 72 valence electrons. The number of rotatable bonds is 0. The lowest BCUT2D eigenvalue weighted by Crippen LogP contribution is -2.05. The largest absolute Gasteiger partial charge is 0.268 e. The van der Waals surface area contributed by atoms with Crippen LogP contribution in [-0.4, -0.2) is 15.2 Å². The number of hydrogen-bond acceptors (Lipinski definition) is 3. The monoisotopic (exact) mass is 197 g/mol. The maximum Gasteiger partial charge on any atom is 0.264 e. The Labute approximate surface area is 84.6 Å². The minimum absolute atomic E-state index is 0.189. The third kappa shape index (κ3) is 1.19. The molecule has 0 saturated carbocycles. The molecule has 2 aromatic heterocycles. The lowest BCUT2D eigenvalue weighted by molar-refractivity contribution is 1.03. The number of H-pyrrole nitrogens is 1. The fraction of sp³-hybridized carbons (Fsp3) is 0. The van der Waals surface area contributed by atoms with Gasteiger partial charge in [0, 0.05) is 23.0 Å². The van der Waals surface area contributed by atoms with Gasteiger partial charge in [-0.1, -0.05) is 6.07 Å². The molecule has 4 nitrogen and oxygen atoms in total.